The number of benzene rings is 1. The van der Waals surface area contributed by atoms with Crippen LogP contribution in [0.5, 0.6) is 0 Å². The third-order valence-electron chi connectivity index (χ3n) is 2.17. The predicted octanol–water partition coefficient (Wildman–Crippen LogP) is 1.42. The number of aliphatic carboxylic acids is 1. The number of nitrogens with zero attached hydrogens (tertiary/aromatic N) is 4. The molecule has 0 aliphatic rings. The lowest BCUT2D eigenvalue weighted by Crippen LogP contribution is -2.07. The monoisotopic (exact) mass is 344 g/mol. The molecular weight excluding hydrogens is 335 g/mol. The highest BCUT2D eigenvalue weighted by molar-refractivity contribution is 14.1. The third kappa shape index (κ3) is 2.99. The van der Waals surface area contributed by atoms with Crippen molar-refractivity contribution in [1.29, 1.82) is 0 Å². The Hall–Kier alpha value is -1.51. The first kappa shape index (κ1) is 12.0. The van der Waals surface area contributed by atoms with Crippen LogP contribution in [-0.2, 0) is 11.3 Å². The van der Waals surface area contributed by atoms with Gasteiger partial charge in [-0.05, 0) is 45.2 Å². The SMILES string of the molecule is O=C(O)CCn1nnnc1-c1ccc(I)cc1. The van der Waals surface area contributed by atoms with E-state index in [1.54, 1.807) is 0 Å². The van der Waals surface area contributed by atoms with Gasteiger partial charge in [0.15, 0.2) is 5.82 Å². The van der Waals surface area contributed by atoms with Crippen molar-refractivity contribution in [2.45, 2.75) is 13.0 Å². The first-order chi connectivity index (χ1) is 8.16. The van der Waals surface area contributed by atoms with Gasteiger partial charge in [0.05, 0.1) is 13.0 Å². The summed E-state index contributed by atoms with van der Waals surface area (Å²) in [6.07, 6.45) is 0.00239. The van der Waals surface area contributed by atoms with E-state index in [0.29, 0.717) is 5.82 Å². The van der Waals surface area contributed by atoms with Crippen molar-refractivity contribution in [3.05, 3.63) is 27.8 Å². The largest absolute Gasteiger partial charge is 0.481 e. The van der Waals surface area contributed by atoms with Crippen molar-refractivity contribution >= 4 is 28.6 Å². The molecule has 0 atom stereocenters. The second-order valence-electron chi connectivity index (χ2n) is 3.38. The van der Waals surface area contributed by atoms with Gasteiger partial charge in [-0.3, -0.25) is 4.79 Å². The second-order valence-corrected chi connectivity index (χ2v) is 4.62. The number of hydrogen-bond donors (Lipinski definition) is 1. The maximum Gasteiger partial charge on any atom is 0.305 e. The van der Waals surface area contributed by atoms with Gasteiger partial charge in [0.2, 0.25) is 0 Å². The van der Waals surface area contributed by atoms with Crippen LogP contribution >= 0.6 is 22.6 Å². The molecule has 2 rings (SSSR count). The van der Waals surface area contributed by atoms with Crippen LogP contribution in [0.15, 0.2) is 24.3 Å². The topological polar surface area (TPSA) is 80.9 Å². The molecule has 0 unspecified atom stereocenters. The lowest BCUT2D eigenvalue weighted by Gasteiger charge is -2.02. The zero-order valence-corrected chi connectivity index (χ0v) is 10.9. The first-order valence-corrected chi connectivity index (χ1v) is 5.98. The fourth-order valence-electron chi connectivity index (χ4n) is 1.36. The molecule has 0 spiro atoms. The highest BCUT2D eigenvalue weighted by Gasteiger charge is 2.09. The number of hydrogen-bond acceptors (Lipinski definition) is 4. The summed E-state index contributed by atoms with van der Waals surface area (Å²) in [5, 5.41) is 19.9. The minimum absolute atomic E-state index is 0.00239. The number of tetrazole rings is 1. The van der Waals surface area contributed by atoms with Crippen LogP contribution in [0.4, 0.5) is 0 Å². The minimum Gasteiger partial charge on any atom is -0.481 e. The van der Waals surface area contributed by atoms with Gasteiger partial charge >= 0.3 is 5.97 Å². The van der Waals surface area contributed by atoms with Crippen LogP contribution in [0.25, 0.3) is 11.4 Å². The summed E-state index contributed by atoms with van der Waals surface area (Å²) in [6.45, 7) is 0.268. The molecule has 1 aromatic heterocycles. The van der Waals surface area contributed by atoms with Crippen molar-refractivity contribution in [3.63, 3.8) is 0 Å². The Morgan fingerprint density at radius 2 is 2.06 bits per heavy atom. The third-order valence-corrected chi connectivity index (χ3v) is 2.89. The zero-order chi connectivity index (χ0) is 12.3. The van der Waals surface area contributed by atoms with E-state index in [9.17, 15) is 4.79 Å². The highest BCUT2D eigenvalue weighted by Crippen LogP contribution is 2.17. The van der Waals surface area contributed by atoms with E-state index in [2.05, 4.69) is 38.1 Å². The first-order valence-electron chi connectivity index (χ1n) is 4.91. The molecule has 0 saturated carbocycles. The van der Waals surface area contributed by atoms with E-state index in [1.165, 1.54) is 4.68 Å². The van der Waals surface area contributed by atoms with Gasteiger partial charge in [-0.2, -0.15) is 0 Å². The molecule has 1 heterocycles. The summed E-state index contributed by atoms with van der Waals surface area (Å²) in [5.41, 5.74) is 0.876. The van der Waals surface area contributed by atoms with Gasteiger partial charge in [-0.1, -0.05) is 12.1 Å². The molecule has 0 aliphatic carbocycles. The fraction of sp³-hybridized carbons (Fsp3) is 0.200. The summed E-state index contributed by atoms with van der Waals surface area (Å²) in [4.78, 5) is 10.5. The molecule has 0 aliphatic heterocycles. The lowest BCUT2D eigenvalue weighted by atomic mass is 10.2. The van der Waals surface area contributed by atoms with Crippen molar-refractivity contribution in [2.24, 2.45) is 0 Å². The van der Waals surface area contributed by atoms with Gasteiger partial charge in [0.25, 0.3) is 0 Å². The number of carboxylic acid groups (broad SMARTS) is 1. The molecule has 7 heteroatoms. The Morgan fingerprint density at radius 3 is 2.71 bits per heavy atom. The van der Waals surface area contributed by atoms with Crippen LogP contribution in [-0.4, -0.2) is 31.3 Å². The Kier molecular flexibility index (Phi) is 3.67. The van der Waals surface area contributed by atoms with E-state index in [1.807, 2.05) is 24.3 Å². The number of rotatable bonds is 4. The molecule has 6 nitrogen and oxygen atoms in total. The second kappa shape index (κ2) is 5.21. The summed E-state index contributed by atoms with van der Waals surface area (Å²) in [6, 6.07) is 7.72. The molecule has 1 N–H and O–H groups in total. The molecule has 2 aromatic rings. The number of halogens is 1. The minimum atomic E-state index is -0.867. The van der Waals surface area contributed by atoms with Gasteiger partial charge < -0.3 is 5.11 Å². The normalized spacial score (nSPS) is 10.4. The van der Waals surface area contributed by atoms with Gasteiger partial charge in [-0.25, -0.2) is 4.68 Å². The van der Waals surface area contributed by atoms with Gasteiger partial charge in [0.1, 0.15) is 0 Å². The molecule has 0 fully saturated rings. The number of aryl methyl sites for hydroxylation is 1. The van der Waals surface area contributed by atoms with Crippen molar-refractivity contribution in [2.75, 3.05) is 0 Å². The summed E-state index contributed by atoms with van der Waals surface area (Å²) in [5.74, 6) is -0.281. The zero-order valence-electron chi connectivity index (χ0n) is 8.75. The smallest absolute Gasteiger partial charge is 0.305 e. The molecule has 17 heavy (non-hydrogen) atoms. The van der Waals surface area contributed by atoms with Crippen LogP contribution in [0.3, 0.4) is 0 Å². The van der Waals surface area contributed by atoms with E-state index in [-0.39, 0.29) is 13.0 Å². The highest BCUT2D eigenvalue weighted by atomic mass is 127. The molecule has 0 radical (unpaired) electrons. The Balaban J connectivity index is 2.24. The molecular formula is C10H9IN4O2. The fourth-order valence-corrected chi connectivity index (χ4v) is 1.72. The van der Waals surface area contributed by atoms with Gasteiger partial charge in [-0.15, -0.1) is 5.10 Å². The average Bonchev–Trinajstić information content (AvgIpc) is 2.75. The van der Waals surface area contributed by atoms with E-state index >= 15 is 0 Å². The predicted molar refractivity (Wildman–Crippen MR) is 68.2 cm³/mol. The summed E-state index contributed by atoms with van der Waals surface area (Å²) < 4.78 is 2.62. The maximum absolute atomic E-state index is 10.5. The lowest BCUT2D eigenvalue weighted by molar-refractivity contribution is -0.137. The van der Waals surface area contributed by atoms with Crippen LogP contribution in [0.1, 0.15) is 6.42 Å². The maximum atomic E-state index is 10.5. The summed E-state index contributed by atoms with van der Waals surface area (Å²) in [7, 11) is 0. The molecule has 0 bridgehead atoms. The Labute approximate surface area is 111 Å². The Bertz CT molecular complexity index is 523. The van der Waals surface area contributed by atoms with Crippen LogP contribution < -0.4 is 0 Å². The quantitative estimate of drug-likeness (QED) is 0.849. The Morgan fingerprint density at radius 1 is 1.35 bits per heavy atom. The standard InChI is InChI=1S/C10H9IN4O2/c11-8-3-1-7(2-4-8)10-12-13-14-15(10)6-5-9(16)17/h1-4H,5-6H2,(H,16,17). The van der Waals surface area contributed by atoms with Crippen molar-refractivity contribution in [3.8, 4) is 11.4 Å². The average molecular weight is 344 g/mol. The molecule has 0 amide bonds. The molecule has 1 aromatic carbocycles. The number of carbonyl (C=O) groups is 1. The molecule has 88 valence electrons. The van der Waals surface area contributed by atoms with E-state index in [0.717, 1.165) is 9.13 Å². The van der Waals surface area contributed by atoms with E-state index in [4.69, 9.17) is 5.11 Å². The van der Waals surface area contributed by atoms with Crippen molar-refractivity contribution in [1.82, 2.24) is 20.2 Å². The van der Waals surface area contributed by atoms with Crippen LogP contribution in [0.2, 0.25) is 0 Å². The van der Waals surface area contributed by atoms with E-state index < -0.39 is 5.97 Å². The van der Waals surface area contributed by atoms with Crippen LogP contribution in [0, 0.1) is 3.57 Å². The molecule has 0 saturated heterocycles. The van der Waals surface area contributed by atoms with Crippen molar-refractivity contribution < 1.29 is 9.90 Å². The summed E-state index contributed by atoms with van der Waals surface area (Å²) >= 11 is 2.21. The van der Waals surface area contributed by atoms with Gasteiger partial charge in [0, 0.05) is 9.13 Å². The number of aromatic nitrogens is 4. The number of carboxylic acids is 1.